The molecule has 0 aliphatic heterocycles. The number of aromatic amines is 1. The van der Waals surface area contributed by atoms with Gasteiger partial charge in [0.1, 0.15) is 5.56 Å². The molecule has 2 aromatic carbocycles. The van der Waals surface area contributed by atoms with Crippen molar-refractivity contribution in [2.75, 3.05) is 0 Å². The highest BCUT2D eigenvalue weighted by atomic mass is 16.3. The van der Waals surface area contributed by atoms with E-state index in [1.54, 1.807) is 18.2 Å². The van der Waals surface area contributed by atoms with E-state index in [1.165, 1.54) is 6.08 Å². The van der Waals surface area contributed by atoms with Crippen LogP contribution in [0.5, 0.6) is 5.88 Å². The van der Waals surface area contributed by atoms with Gasteiger partial charge in [0.05, 0.1) is 0 Å². The number of hydrogen-bond acceptors (Lipinski definition) is 4. The third-order valence-corrected chi connectivity index (χ3v) is 4.11. The number of carbonyl (C=O) groups excluding carboxylic acids is 1. The first-order chi connectivity index (χ1) is 13.1. The van der Waals surface area contributed by atoms with Crippen LogP contribution in [0.4, 0.5) is 0 Å². The van der Waals surface area contributed by atoms with Gasteiger partial charge in [-0.2, -0.15) is 0 Å². The van der Waals surface area contributed by atoms with Crippen LogP contribution in [-0.2, 0) is 13.0 Å². The fourth-order valence-corrected chi connectivity index (χ4v) is 2.69. The highest BCUT2D eigenvalue weighted by Gasteiger charge is 2.19. The van der Waals surface area contributed by atoms with Crippen LogP contribution < -0.4 is 11.2 Å². The van der Waals surface area contributed by atoms with E-state index in [1.807, 2.05) is 48.5 Å². The number of hydrogen-bond donors (Lipinski definition) is 2. The molecule has 0 amide bonds. The lowest BCUT2D eigenvalue weighted by Gasteiger charge is -2.10. The number of aromatic hydroxyl groups is 1. The molecule has 0 aliphatic rings. The van der Waals surface area contributed by atoms with Crippen molar-refractivity contribution >= 4 is 11.9 Å². The Bertz CT molecular complexity index is 1080. The Morgan fingerprint density at radius 3 is 2.30 bits per heavy atom. The van der Waals surface area contributed by atoms with Crippen molar-refractivity contribution in [3.8, 4) is 5.88 Å². The van der Waals surface area contributed by atoms with E-state index in [4.69, 9.17) is 0 Å². The van der Waals surface area contributed by atoms with Crippen LogP contribution in [0, 0.1) is 0 Å². The summed E-state index contributed by atoms with van der Waals surface area (Å²) in [6, 6.07) is 18.5. The number of rotatable bonds is 6. The number of aromatic nitrogens is 2. The normalized spacial score (nSPS) is 11.0. The second-order valence-corrected chi connectivity index (χ2v) is 5.95. The average molecular weight is 362 g/mol. The summed E-state index contributed by atoms with van der Waals surface area (Å²) in [6.45, 7) is 0.133. The van der Waals surface area contributed by atoms with Gasteiger partial charge in [-0.15, -0.1) is 0 Å². The SMILES string of the molecule is O=C(C=Cc1ccccc1)c1c(O)n(CCc2ccccc2)c(=O)[nH]c1=O. The molecular formula is C21H18N2O4. The van der Waals surface area contributed by atoms with Gasteiger partial charge >= 0.3 is 5.69 Å². The molecule has 0 atom stereocenters. The number of nitrogens with one attached hydrogen (secondary N) is 1. The second-order valence-electron chi connectivity index (χ2n) is 5.95. The number of aryl methyl sites for hydroxylation is 1. The molecular weight excluding hydrogens is 344 g/mol. The van der Waals surface area contributed by atoms with E-state index in [-0.39, 0.29) is 6.54 Å². The lowest BCUT2D eigenvalue weighted by Crippen LogP contribution is -2.34. The summed E-state index contributed by atoms with van der Waals surface area (Å²) in [4.78, 5) is 38.6. The number of allylic oxidation sites excluding steroid dienone is 1. The maximum Gasteiger partial charge on any atom is 0.331 e. The Morgan fingerprint density at radius 1 is 1.00 bits per heavy atom. The van der Waals surface area contributed by atoms with Crippen molar-refractivity contribution < 1.29 is 9.90 Å². The van der Waals surface area contributed by atoms with Crippen molar-refractivity contribution in [1.29, 1.82) is 0 Å². The number of nitrogens with zero attached hydrogens (tertiary/aromatic N) is 1. The molecule has 1 heterocycles. The van der Waals surface area contributed by atoms with Crippen LogP contribution in [0.15, 0.2) is 76.3 Å². The summed E-state index contributed by atoms with van der Waals surface area (Å²) >= 11 is 0. The Morgan fingerprint density at radius 2 is 1.63 bits per heavy atom. The Kier molecular flexibility index (Phi) is 5.47. The first-order valence-corrected chi connectivity index (χ1v) is 8.44. The van der Waals surface area contributed by atoms with E-state index in [0.717, 1.165) is 15.7 Å². The summed E-state index contributed by atoms with van der Waals surface area (Å²) in [6.07, 6.45) is 3.21. The minimum Gasteiger partial charge on any atom is -0.494 e. The first-order valence-electron chi connectivity index (χ1n) is 8.44. The van der Waals surface area contributed by atoms with Gasteiger partial charge in [-0.3, -0.25) is 19.1 Å². The third kappa shape index (κ3) is 4.30. The van der Waals surface area contributed by atoms with Gasteiger partial charge in [0.2, 0.25) is 5.88 Å². The summed E-state index contributed by atoms with van der Waals surface area (Å²) in [5.74, 6) is -1.30. The fraction of sp³-hybridized carbons (Fsp3) is 0.0952. The van der Waals surface area contributed by atoms with Crippen LogP contribution in [0.25, 0.3) is 6.08 Å². The molecule has 6 nitrogen and oxygen atoms in total. The molecule has 6 heteroatoms. The second kappa shape index (κ2) is 8.14. The van der Waals surface area contributed by atoms with Gasteiger partial charge in [0.15, 0.2) is 5.78 Å². The average Bonchev–Trinajstić information content (AvgIpc) is 2.67. The smallest absolute Gasteiger partial charge is 0.331 e. The van der Waals surface area contributed by atoms with Crippen molar-refractivity contribution in [2.24, 2.45) is 0 Å². The predicted octanol–water partition coefficient (Wildman–Crippen LogP) is 2.38. The van der Waals surface area contributed by atoms with Crippen LogP contribution in [0.3, 0.4) is 0 Å². The van der Waals surface area contributed by atoms with E-state index >= 15 is 0 Å². The number of carbonyl (C=O) groups is 1. The number of H-pyrrole nitrogens is 1. The zero-order valence-corrected chi connectivity index (χ0v) is 14.5. The number of ketones is 1. The zero-order chi connectivity index (χ0) is 19.2. The quantitative estimate of drug-likeness (QED) is 0.520. The Labute approximate surface area is 155 Å². The topological polar surface area (TPSA) is 92.2 Å². The van der Waals surface area contributed by atoms with E-state index in [0.29, 0.717) is 6.42 Å². The van der Waals surface area contributed by atoms with Crippen molar-refractivity contribution in [2.45, 2.75) is 13.0 Å². The third-order valence-electron chi connectivity index (χ3n) is 4.11. The molecule has 0 bridgehead atoms. The number of benzene rings is 2. The van der Waals surface area contributed by atoms with Crippen LogP contribution >= 0.6 is 0 Å². The molecule has 0 aliphatic carbocycles. The summed E-state index contributed by atoms with van der Waals surface area (Å²) < 4.78 is 0.998. The maximum absolute atomic E-state index is 12.4. The molecule has 27 heavy (non-hydrogen) atoms. The van der Waals surface area contributed by atoms with Gasteiger partial charge < -0.3 is 5.11 Å². The minimum absolute atomic E-state index is 0.133. The highest BCUT2D eigenvalue weighted by molar-refractivity contribution is 6.07. The molecule has 0 unspecified atom stereocenters. The van der Waals surface area contributed by atoms with Crippen LogP contribution in [-0.4, -0.2) is 20.4 Å². The van der Waals surface area contributed by atoms with E-state index < -0.39 is 28.5 Å². The van der Waals surface area contributed by atoms with Crippen molar-refractivity contribution in [3.63, 3.8) is 0 Å². The molecule has 136 valence electrons. The Hall–Kier alpha value is -3.67. The largest absolute Gasteiger partial charge is 0.494 e. The van der Waals surface area contributed by atoms with Crippen LogP contribution in [0.2, 0.25) is 0 Å². The summed E-state index contributed by atoms with van der Waals surface area (Å²) in [5.41, 5.74) is -0.367. The predicted molar refractivity (Wildman–Crippen MR) is 103 cm³/mol. The molecule has 1 aromatic heterocycles. The standard InChI is InChI=1S/C21H18N2O4/c24-17(12-11-15-7-3-1-4-8-15)18-19(25)22-21(27)23(20(18)26)14-13-16-9-5-2-6-10-16/h1-12,26H,13-14H2,(H,22,25,27). The van der Waals surface area contributed by atoms with Gasteiger partial charge in [0.25, 0.3) is 5.56 Å². The summed E-state index contributed by atoms with van der Waals surface area (Å²) in [7, 11) is 0. The van der Waals surface area contributed by atoms with E-state index in [9.17, 15) is 19.5 Å². The molecule has 0 spiro atoms. The monoisotopic (exact) mass is 362 g/mol. The minimum atomic E-state index is -0.906. The molecule has 3 aromatic rings. The van der Waals surface area contributed by atoms with Crippen molar-refractivity contribution in [3.05, 3.63) is 104 Å². The van der Waals surface area contributed by atoms with Gasteiger partial charge in [0, 0.05) is 6.54 Å². The zero-order valence-electron chi connectivity index (χ0n) is 14.5. The summed E-state index contributed by atoms with van der Waals surface area (Å²) in [5, 5.41) is 10.4. The van der Waals surface area contributed by atoms with Gasteiger partial charge in [-0.1, -0.05) is 66.7 Å². The van der Waals surface area contributed by atoms with Crippen molar-refractivity contribution in [1.82, 2.24) is 9.55 Å². The van der Waals surface area contributed by atoms with Crippen LogP contribution in [0.1, 0.15) is 21.5 Å². The molecule has 0 radical (unpaired) electrons. The molecule has 0 saturated carbocycles. The lowest BCUT2D eigenvalue weighted by atomic mass is 10.1. The fourth-order valence-electron chi connectivity index (χ4n) is 2.69. The van der Waals surface area contributed by atoms with E-state index in [2.05, 4.69) is 4.98 Å². The Balaban J connectivity index is 1.89. The van der Waals surface area contributed by atoms with Gasteiger partial charge in [-0.25, -0.2) is 4.79 Å². The van der Waals surface area contributed by atoms with Gasteiger partial charge in [-0.05, 0) is 23.6 Å². The lowest BCUT2D eigenvalue weighted by molar-refractivity contribution is 0.104. The molecule has 3 rings (SSSR count). The maximum atomic E-state index is 12.4. The molecule has 0 saturated heterocycles. The first kappa shape index (κ1) is 18.1. The highest BCUT2D eigenvalue weighted by Crippen LogP contribution is 2.13. The molecule has 2 N–H and O–H groups in total. The molecule has 0 fully saturated rings.